The van der Waals surface area contributed by atoms with Crippen LogP contribution in [0.15, 0.2) is 0 Å². The molecule has 2 aliphatic rings. The third-order valence-corrected chi connectivity index (χ3v) is 3.52. The predicted molar refractivity (Wildman–Crippen MR) is 64.3 cm³/mol. The topological polar surface area (TPSA) is 35.6 Å². The number of piperazine rings is 1. The second kappa shape index (κ2) is 5.15. The fourth-order valence-electron chi connectivity index (χ4n) is 2.12. The van der Waals surface area contributed by atoms with Crippen molar-refractivity contribution in [2.45, 2.75) is 38.8 Å². The number of carbonyl (C=O) groups excluding carboxylic acids is 1. The van der Waals surface area contributed by atoms with Crippen molar-refractivity contribution in [3.05, 3.63) is 0 Å². The minimum absolute atomic E-state index is 0.273. The zero-order valence-electron chi connectivity index (χ0n) is 10.4. The first-order valence-electron chi connectivity index (χ1n) is 6.42. The Hall–Kier alpha value is -0.610. The molecule has 0 bridgehead atoms. The van der Waals surface area contributed by atoms with E-state index in [1.165, 1.54) is 12.8 Å². The van der Waals surface area contributed by atoms with E-state index in [1.54, 1.807) is 0 Å². The minimum Gasteiger partial charge on any atom is -0.339 e. The molecule has 1 aliphatic carbocycles. The van der Waals surface area contributed by atoms with Gasteiger partial charge in [-0.05, 0) is 26.7 Å². The maximum atomic E-state index is 11.9. The molecule has 2 fully saturated rings. The van der Waals surface area contributed by atoms with Gasteiger partial charge in [-0.2, -0.15) is 0 Å². The number of amides is 1. The molecule has 0 spiro atoms. The van der Waals surface area contributed by atoms with Gasteiger partial charge < -0.3 is 10.2 Å². The van der Waals surface area contributed by atoms with Gasteiger partial charge in [-0.25, -0.2) is 0 Å². The molecular weight excluding hydrogens is 202 g/mol. The molecule has 1 amide bonds. The lowest BCUT2D eigenvalue weighted by Crippen LogP contribution is -2.52. The Labute approximate surface area is 98.0 Å². The van der Waals surface area contributed by atoms with E-state index in [4.69, 9.17) is 0 Å². The molecule has 0 aromatic heterocycles. The fourth-order valence-corrected chi connectivity index (χ4v) is 2.12. The molecule has 0 atom stereocenters. The van der Waals surface area contributed by atoms with Gasteiger partial charge in [0.05, 0.1) is 6.54 Å². The molecule has 4 heteroatoms. The maximum absolute atomic E-state index is 11.9. The van der Waals surface area contributed by atoms with Crippen LogP contribution in [0.4, 0.5) is 0 Å². The van der Waals surface area contributed by atoms with Gasteiger partial charge in [0.1, 0.15) is 0 Å². The van der Waals surface area contributed by atoms with Gasteiger partial charge in [-0.3, -0.25) is 9.69 Å². The van der Waals surface area contributed by atoms with Gasteiger partial charge in [-0.1, -0.05) is 0 Å². The van der Waals surface area contributed by atoms with Crippen molar-refractivity contribution in [2.24, 2.45) is 0 Å². The van der Waals surface area contributed by atoms with Crippen LogP contribution in [0.1, 0.15) is 26.7 Å². The van der Waals surface area contributed by atoms with Crippen molar-refractivity contribution in [3.63, 3.8) is 0 Å². The average molecular weight is 225 g/mol. The third kappa shape index (κ3) is 3.19. The molecule has 4 nitrogen and oxygen atoms in total. The highest BCUT2D eigenvalue weighted by Gasteiger charge is 2.25. The summed E-state index contributed by atoms with van der Waals surface area (Å²) in [5.74, 6) is 0.273. The van der Waals surface area contributed by atoms with Gasteiger partial charge in [-0.15, -0.1) is 0 Å². The van der Waals surface area contributed by atoms with Gasteiger partial charge in [0.2, 0.25) is 5.91 Å². The Kier molecular flexibility index (Phi) is 3.82. The highest BCUT2D eigenvalue weighted by molar-refractivity contribution is 5.78. The van der Waals surface area contributed by atoms with Crippen LogP contribution in [0.25, 0.3) is 0 Å². The molecular formula is C12H23N3O. The summed E-state index contributed by atoms with van der Waals surface area (Å²) in [6.45, 7) is 8.79. The SMILES string of the molecule is CC(C)N1CCN(C(=O)CNC2CC2)CC1. The molecule has 16 heavy (non-hydrogen) atoms. The van der Waals surface area contributed by atoms with E-state index < -0.39 is 0 Å². The second-order valence-electron chi connectivity index (χ2n) is 5.17. The molecule has 1 N–H and O–H groups in total. The monoisotopic (exact) mass is 225 g/mol. The van der Waals surface area contributed by atoms with Crippen LogP contribution in [-0.2, 0) is 4.79 Å². The Balaban J connectivity index is 1.68. The quantitative estimate of drug-likeness (QED) is 0.747. The first-order chi connectivity index (χ1) is 7.66. The predicted octanol–water partition coefficient (Wildman–Crippen LogP) is 0.291. The Morgan fingerprint density at radius 1 is 1.25 bits per heavy atom. The zero-order chi connectivity index (χ0) is 11.5. The van der Waals surface area contributed by atoms with Crippen molar-refractivity contribution in [3.8, 4) is 0 Å². The molecule has 1 heterocycles. The lowest BCUT2D eigenvalue weighted by Gasteiger charge is -2.37. The van der Waals surface area contributed by atoms with E-state index in [2.05, 4.69) is 24.1 Å². The summed E-state index contributed by atoms with van der Waals surface area (Å²) in [6, 6.07) is 1.22. The molecule has 1 aliphatic heterocycles. The van der Waals surface area contributed by atoms with Crippen molar-refractivity contribution in [1.82, 2.24) is 15.1 Å². The molecule has 2 rings (SSSR count). The standard InChI is InChI=1S/C12H23N3O/c1-10(2)14-5-7-15(8-6-14)12(16)9-13-11-3-4-11/h10-11,13H,3-9H2,1-2H3. The fraction of sp³-hybridized carbons (Fsp3) is 0.917. The smallest absolute Gasteiger partial charge is 0.236 e. The summed E-state index contributed by atoms with van der Waals surface area (Å²) < 4.78 is 0. The number of carbonyl (C=O) groups is 1. The van der Waals surface area contributed by atoms with Crippen molar-refractivity contribution in [2.75, 3.05) is 32.7 Å². The van der Waals surface area contributed by atoms with E-state index in [0.717, 1.165) is 26.2 Å². The van der Waals surface area contributed by atoms with Crippen LogP contribution in [0.3, 0.4) is 0 Å². The molecule has 1 saturated carbocycles. The first-order valence-corrected chi connectivity index (χ1v) is 6.42. The summed E-state index contributed by atoms with van der Waals surface area (Å²) in [5.41, 5.74) is 0. The van der Waals surface area contributed by atoms with Crippen LogP contribution in [0.2, 0.25) is 0 Å². The molecule has 0 aromatic carbocycles. The highest BCUT2D eigenvalue weighted by atomic mass is 16.2. The number of nitrogens with one attached hydrogen (secondary N) is 1. The Morgan fingerprint density at radius 2 is 1.88 bits per heavy atom. The van der Waals surface area contributed by atoms with Crippen LogP contribution >= 0.6 is 0 Å². The number of rotatable bonds is 4. The van der Waals surface area contributed by atoms with Crippen LogP contribution in [-0.4, -0.2) is 60.5 Å². The van der Waals surface area contributed by atoms with Gasteiger partial charge in [0.15, 0.2) is 0 Å². The van der Waals surface area contributed by atoms with Gasteiger partial charge in [0, 0.05) is 38.3 Å². The Bertz CT molecular complexity index is 243. The van der Waals surface area contributed by atoms with E-state index in [1.807, 2.05) is 4.90 Å². The van der Waals surface area contributed by atoms with Crippen molar-refractivity contribution in [1.29, 1.82) is 0 Å². The average Bonchev–Trinajstić information content (AvgIpc) is 3.10. The molecule has 1 saturated heterocycles. The van der Waals surface area contributed by atoms with Crippen LogP contribution in [0.5, 0.6) is 0 Å². The van der Waals surface area contributed by atoms with Crippen molar-refractivity contribution < 1.29 is 4.79 Å². The third-order valence-electron chi connectivity index (χ3n) is 3.52. The normalized spacial score (nSPS) is 22.8. The lowest BCUT2D eigenvalue weighted by atomic mass is 10.2. The molecule has 92 valence electrons. The van der Waals surface area contributed by atoms with Gasteiger partial charge >= 0.3 is 0 Å². The second-order valence-corrected chi connectivity index (χ2v) is 5.17. The largest absolute Gasteiger partial charge is 0.339 e. The summed E-state index contributed by atoms with van der Waals surface area (Å²) in [7, 11) is 0. The first kappa shape index (κ1) is 11.9. The van der Waals surface area contributed by atoms with Crippen molar-refractivity contribution >= 4 is 5.91 Å². The maximum Gasteiger partial charge on any atom is 0.236 e. The molecule has 0 radical (unpaired) electrons. The van der Waals surface area contributed by atoms with E-state index >= 15 is 0 Å². The summed E-state index contributed by atoms with van der Waals surface area (Å²) in [6.07, 6.45) is 2.49. The van der Waals surface area contributed by atoms with Gasteiger partial charge in [0.25, 0.3) is 0 Å². The van der Waals surface area contributed by atoms with Crippen LogP contribution in [0, 0.1) is 0 Å². The number of hydrogen-bond acceptors (Lipinski definition) is 3. The number of nitrogens with zero attached hydrogens (tertiary/aromatic N) is 2. The summed E-state index contributed by atoms with van der Waals surface area (Å²) in [4.78, 5) is 16.3. The van der Waals surface area contributed by atoms with E-state index in [0.29, 0.717) is 18.6 Å². The zero-order valence-corrected chi connectivity index (χ0v) is 10.4. The summed E-state index contributed by atoms with van der Waals surface area (Å²) in [5, 5.41) is 3.28. The highest BCUT2D eigenvalue weighted by Crippen LogP contribution is 2.18. The van der Waals surface area contributed by atoms with E-state index in [9.17, 15) is 4.79 Å². The molecule has 0 aromatic rings. The Morgan fingerprint density at radius 3 is 2.38 bits per heavy atom. The summed E-state index contributed by atoms with van der Waals surface area (Å²) >= 11 is 0. The van der Waals surface area contributed by atoms with Crippen LogP contribution < -0.4 is 5.32 Å². The molecule has 0 unspecified atom stereocenters. The number of hydrogen-bond donors (Lipinski definition) is 1. The minimum atomic E-state index is 0.273. The lowest BCUT2D eigenvalue weighted by molar-refractivity contribution is -0.132. The van der Waals surface area contributed by atoms with E-state index in [-0.39, 0.29) is 5.91 Å².